The SMILES string of the molecule is O=C(Nc1ccccc1C(=O)NCc1ccco1)c1csc(-c2cccs2)n1. The predicted molar refractivity (Wildman–Crippen MR) is 110 cm³/mol. The Labute approximate surface area is 168 Å². The van der Waals surface area contributed by atoms with E-state index < -0.39 is 0 Å². The number of nitrogens with one attached hydrogen (secondary N) is 2. The van der Waals surface area contributed by atoms with Gasteiger partial charge in [0.2, 0.25) is 0 Å². The van der Waals surface area contributed by atoms with E-state index in [0.717, 1.165) is 9.88 Å². The molecular weight excluding hydrogens is 394 g/mol. The smallest absolute Gasteiger partial charge is 0.275 e. The maximum Gasteiger partial charge on any atom is 0.275 e. The molecule has 2 N–H and O–H groups in total. The molecule has 0 bridgehead atoms. The normalized spacial score (nSPS) is 10.6. The molecule has 0 radical (unpaired) electrons. The first-order valence-electron chi connectivity index (χ1n) is 8.41. The van der Waals surface area contributed by atoms with Gasteiger partial charge in [-0.15, -0.1) is 22.7 Å². The zero-order valence-corrected chi connectivity index (χ0v) is 16.2. The first-order valence-corrected chi connectivity index (χ1v) is 10.2. The second-order valence-electron chi connectivity index (χ2n) is 5.78. The Morgan fingerprint density at radius 1 is 1.00 bits per heavy atom. The highest BCUT2D eigenvalue weighted by atomic mass is 32.1. The van der Waals surface area contributed by atoms with Gasteiger partial charge in [-0.3, -0.25) is 9.59 Å². The summed E-state index contributed by atoms with van der Waals surface area (Å²) in [6, 6.07) is 14.3. The molecule has 0 aliphatic heterocycles. The van der Waals surface area contributed by atoms with Gasteiger partial charge in [0, 0.05) is 5.38 Å². The van der Waals surface area contributed by atoms with Gasteiger partial charge in [0.15, 0.2) is 0 Å². The van der Waals surface area contributed by atoms with E-state index in [2.05, 4.69) is 15.6 Å². The summed E-state index contributed by atoms with van der Waals surface area (Å²) in [5.74, 6) is -0.00589. The Balaban J connectivity index is 1.47. The summed E-state index contributed by atoms with van der Waals surface area (Å²) in [6.07, 6.45) is 1.55. The van der Waals surface area contributed by atoms with E-state index >= 15 is 0 Å². The molecule has 4 aromatic rings. The summed E-state index contributed by atoms with van der Waals surface area (Å²) in [5.41, 5.74) is 1.12. The van der Waals surface area contributed by atoms with Crippen molar-refractivity contribution in [3.8, 4) is 9.88 Å². The van der Waals surface area contributed by atoms with Crippen molar-refractivity contribution >= 4 is 40.2 Å². The number of rotatable bonds is 6. The fourth-order valence-electron chi connectivity index (χ4n) is 2.54. The summed E-state index contributed by atoms with van der Waals surface area (Å²) in [4.78, 5) is 30.5. The monoisotopic (exact) mass is 409 g/mol. The average Bonchev–Trinajstić information content (AvgIpc) is 3.48. The summed E-state index contributed by atoms with van der Waals surface area (Å²) in [7, 11) is 0. The lowest BCUT2D eigenvalue weighted by Gasteiger charge is -2.10. The van der Waals surface area contributed by atoms with Crippen molar-refractivity contribution in [1.82, 2.24) is 10.3 Å². The molecule has 0 fully saturated rings. The Kier molecular flexibility index (Phi) is 5.31. The topological polar surface area (TPSA) is 84.2 Å². The number of anilines is 1. The lowest BCUT2D eigenvalue weighted by atomic mass is 10.1. The van der Waals surface area contributed by atoms with Crippen LogP contribution in [0.25, 0.3) is 9.88 Å². The van der Waals surface area contributed by atoms with Gasteiger partial charge in [0.1, 0.15) is 16.5 Å². The third-order valence-corrected chi connectivity index (χ3v) is 5.77. The molecule has 0 aliphatic carbocycles. The average molecular weight is 409 g/mol. The number of amides is 2. The maximum atomic E-state index is 12.6. The number of furan rings is 1. The van der Waals surface area contributed by atoms with E-state index in [1.165, 1.54) is 11.3 Å². The van der Waals surface area contributed by atoms with Crippen molar-refractivity contribution in [2.75, 3.05) is 5.32 Å². The van der Waals surface area contributed by atoms with Crippen LogP contribution in [0.2, 0.25) is 0 Å². The quantitative estimate of drug-likeness (QED) is 0.486. The van der Waals surface area contributed by atoms with Crippen molar-refractivity contribution in [2.45, 2.75) is 6.54 Å². The van der Waals surface area contributed by atoms with Gasteiger partial charge in [-0.2, -0.15) is 0 Å². The van der Waals surface area contributed by atoms with Gasteiger partial charge >= 0.3 is 0 Å². The molecule has 1 aromatic carbocycles. The van der Waals surface area contributed by atoms with E-state index in [1.807, 2.05) is 17.5 Å². The number of nitrogens with zero attached hydrogens (tertiary/aromatic N) is 1. The summed E-state index contributed by atoms with van der Waals surface area (Å²) >= 11 is 2.98. The summed E-state index contributed by atoms with van der Waals surface area (Å²) in [6.45, 7) is 0.268. The molecule has 0 saturated carbocycles. The lowest BCUT2D eigenvalue weighted by Crippen LogP contribution is -2.24. The largest absolute Gasteiger partial charge is 0.467 e. The molecule has 0 aliphatic rings. The summed E-state index contributed by atoms with van der Waals surface area (Å²) < 4.78 is 5.21. The number of hydrogen-bond donors (Lipinski definition) is 2. The molecule has 3 aromatic heterocycles. The van der Waals surface area contributed by atoms with Gasteiger partial charge in [0.25, 0.3) is 11.8 Å². The molecule has 0 atom stereocenters. The number of aromatic nitrogens is 1. The number of hydrogen-bond acceptors (Lipinski definition) is 6. The van der Waals surface area contributed by atoms with Crippen LogP contribution in [0.15, 0.2) is 70.0 Å². The molecule has 6 nitrogen and oxygen atoms in total. The fourth-order valence-corrected chi connectivity index (χ4v) is 4.16. The molecule has 28 heavy (non-hydrogen) atoms. The Morgan fingerprint density at radius 3 is 2.68 bits per heavy atom. The van der Waals surface area contributed by atoms with Crippen molar-refractivity contribution in [3.05, 3.63) is 82.6 Å². The van der Waals surface area contributed by atoms with Crippen molar-refractivity contribution in [3.63, 3.8) is 0 Å². The van der Waals surface area contributed by atoms with Crippen LogP contribution in [0.5, 0.6) is 0 Å². The van der Waals surface area contributed by atoms with Crippen LogP contribution in [0.4, 0.5) is 5.69 Å². The molecule has 4 rings (SSSR count). The number of para-hydroxylation sites is 1. The van der Waals surface area contributed by atoms with Crippen LogP contribution in [0.1, 0.15) is 26.6 Å². The first kappa shape index (κ1) is 18.1. The fraction of sp³-hybridized carbons (Fsp3) is 0.0500. The minimum Gasteiger partial charge on any atom is -0.467 e. The molecule has 140 valence electrons. The number of thiophene rings is 1. The highest BCUT2D eigenvalue weighted by molar-refractivity contribution is 7.20. The van der Waals surface area contributed by atoms with Crippen molar-refractivity contribution in [2.24, 2.45) is 0 Å². The van der Waals surface area contributed by atoms with E-state index in [4.69, 9.17) is 4.42 Å². The van der Waals surface area contributed by atoms with Crippen molar-refractivity contribution in [1.29, 1.82) is 0 Å². The predicted octanol–water partition coefficient (Wildman–Crippen LogP) is 4.65. The lowest BCUT2D eigenvalue weighted by molar-refractivity contribution is 0.0949. The molecule has 2 amide bonds. The van der Waals surface area contributed by atoms with Gasteiger partial charge in [-0.05, 0) is 35.7 Å². The first-order chi connectivity index (χ1) is 13.7. The van der Waals surface area contributed by atoms with Crippen LogP contribution < -0.4 is 10.6 Å². The Morgan fingerprint density at radius 2 is 1.89 bits per heavy atom. The standard InChI is InChI=1S/C20H15N3O3S2/c24-18(21-11-13-5-3-9-26-13)14-6-1-2-7-15(14)22-19(25)16-12-28-20(23-16)17-8-4-10-27-17/h1-10,12H,11H2,(H,21,24)(H,22,25). The van der Waals surface area contributed by atoms with Crippen LogP contribution in [-0.4, -0.2) is 16.8 Å². The highest BCUT2D eigenvalue weighted by Gasteiger charge is 2.17. The van der Waals surface area contributed by atoms with Crippen LogP contribution in [-0.2, 0) is 6.54 Å². The Bertz CT molecular complexity index is 1090. The second-order valence-corrected chi connectivity index (χ2v) is 7.58. The minimum absolute atomic E-state index is 0.268. The molecule has 0 saturated heterocycles. The van der Waals surface area contributed by atoms with Crippen LogP contribution >= 0.6 is 22.7 Å². The number of thiazole rings is 1. The van der Waals surface area contributed by atoms with E-state index in [-0.39, 0.29) is 18.4 Å². The third-order valence-electron chi connectivity index (χ3n) is 3.89. The van der Waals surface area contributed by atoms with E-state index in [9.17, 15) is 9.59 Å². The molecule has 3 heterocycles. The summed E-state index contributed by atoms with van der Waals surface area (Å²) in [5, 5.41) is 10.0. The van der Waals surface area contributed by atoms with Crippen LogP contribution in [0.3, 0.4) is 0 Å². The molecular formula is C20H15N3O3S2. The molecule has 8 heteroatoms. The number of carbonyl (C=O) groups is 2. The van der Waals surface area contributed by atoms with Gasteiger partial charge < -0.3 is 15.1 Å². The zero-order valence-electron chi connectivity index (χ0n) is 14.5. The third kappa shape index (κ3) is 4.03. The number of carbonyl (C=O) groups excluding carboxylic acids is 2. The molecule has 0 spiro atoms. The maximum absolute atomic E-state index is 12.6. The van der Waals surface area contributed by atoms with Gasteiger partial charge in [0.05, 0.1) is 28.9 Å². The molecule has 0 unspecified atom stereocenters. The van der Waals surface area contributed by atoms with Gasteiger partial charge in [-0.25, -0.2) is 4.98 Å². The van der Waals surface area contributed by atoms with E-state index in [1.54, 1.807) is 59.4 Å². The van der Waals surface area contributed by atoms with E-state index in [0.29, 0.717) is 22.7 Å². The second kappa shape index (κ2) is 8.20. The van der Waals surface area contributed by atoms with Gasteiger partial charge in [-0.1, -0.05) is 18.2 Å². The zero-order chi connectivity index (χ0) is 19.3. The highest BCUT2D eigenvalue weighted by Crippen LogP contribution is 2.28. The Hall–Kier alpha value is -3.23. The minimum atomic E-state index is -0.356. The van der Waals surface area contributed by atoms with Crippen LogP contribution in [0, 0.1) is 0 Å². The number of benzene rings is 1. The van der Waals surface area contributed by atoms with Crippen molar-refractivity contribution < 1.29 is 14.0 Å².